The molecule has 43 heavy (non-hydrogen) atoms. The fraction of sp³-hybridized carbons (Fsp3) is 0.472. The minimum absolute atomic E-state index is 0.269. The number of nitrogens with one attached hydrogen (secondary N) is 2. The molecule has 3 aromatic rings. The molecule has 1 aliphatic carbocycles. The van der Waals surface area contributed by atoms with Crippen molar-refractivity contribution in [1.82, 2.24) is 15.7 Å². The van der Waals surface area contributed by atoms with E-state index in [2.05, 4.69) is 52.1 Å². The summed E-state index contributed by atoms with van der Waals surface area (Å²) in [7, 11) is 0. The van der Waals surface area contributed by atoms with Gasteiger partial charge in [-0.25, -0.2) is 10.3 Å². The molecule has 0 bridgehead atoms. The van der Waals surface area contributed by atoms with Gasteiger partial charge in [0.1, 0.15) is 12.4 Å². The number of rotatable bonds is 11. The summed E-state index contributed by atoms with van der Waals surface area (Å²) in [4.78, 5) is 20.8. The average molecular weight is 584 g/mol. The highest BCUT2D eigenvalue weighted by atomic mass is 16.8. The highest BCUT2D eigenvalue weighted by Gasteiger charge is 2.28. The van der Waals surface area contributed by atoms with Crippen molar-refractivity contribution < 1.29 is 19.1 Å². The van der Waals surface area contributed by atoms with E-state index in [0.717, 1.165) is 55.1 Å². The summed E-state index contributed by atoms with van der Waals surface area (Å²) in [6.07, 6.45) is 12.7. The molecule has 0 radical (unpaired) electrons. The molecule has 6 rings (SSSR count). The van der Waals surface area contributed by atoms with E-state index in [0.29, 0.717) is 24.8 Å². The van der Waals surface area contributed by atoms with Crippen LogP contribution in [0.4, 0.5) is 0 Å². The topological polar surface area (TPSA) is 72.1 Å². The van der Waals surface area contributed by atoms with E-state index in [-0.39, 0.29) is 12.2 Å². The van der Waals surface area contributed by atoms with E-state index in [4.69, 9.17) is 14.3 Å². The molecule has 2 heterocycles. The third-order valence-corrected chi connectivity index (χ3v) is 9.06. The third-order valence-electron chi connectivity index (χ3n) is 9.06. The molecular formula is C36H45N3O4. The van der Waals surface area contributed by atoms with Gasteiger partial charge in [-0.2, -0.15) is 0 Å². The fourth-order valence-electron chi connectivity index (χ4n) is 6.59. The first-order valence-electron chi connectivity index (χ1n) is 16.2. The molecule has 2 atom stereocenters. The molecule has 1 amide bonds. The third kappa shape index (κ3) is 8.24. The molecule has 7 nitrogen and oxygen atoms in total. The van der Waals surface area contributed by atoms with Crippen LogP contribution in [0.5, 0.6) is 5.75 Å². The minimum atomic E-state index is -0.369. The van der Waals surface area contributed by atoms with Crippen molar-refractivity contribution in [3.8, 4) is 5.75 Å². The second-order valence-electron chi connectivity index (χ2n) is 12.2. The van der Waals surface area contributed by atoms with Gasteiger partial charge in [-0.05, 0) is 66.8 Å². The highest BCUT2D eigenvalue weighted by Crippen LogP contribution is 2.27. The molecule has 2 unspecified atom stereocenters. The maximum Gasteiger partial charge on any atom is 0.274 e. The summed E-state index contributed by atoms with van der Waals surface area (Å²) in [5.74, 6) is 0.622. The SMILES string of the molecule is O=C(NOC1CCCCO1)c1ccc(/C=C(/CNC2CCN(C3CCCCC3)C2)COc2cccc3ccccc23)cc1. The maximum atomic E-state index is 12.6. The normalized spacial score (nSPS) is 22.1. The Hall–Kier alpha value is -3.23. The van der Waals surface area contributed by atoms with E-state index in [1.807, 2.05) is 36.4 Å². The van der Waals surface area contributed by atoms with E-state index >= 15 is 0 Å². The van der Waals surface area contributed by atoms with Crippen LogP contribution in [0, 0.1) is 0 Å². The number of hydroxylamine groups is 1. The van der Waals surface area contributed by atoms with Crippen LogP contribution < -0.4 is 15.5 Å². The lowest BCUT2D eigenvalue weighted by atomic mass is 9.94. The highest BCUT2D eigenvalue weighted by molar-refractivity contribution is 5.93. The van der Waals surface area contributed by atoms with Crippen LogP contribution in [0.3, 0.4) is 0 Å². The van der Waals surface area contributed by atoms with Gasteiger partial charge in [0.15, 0.2) is 6.29 Å². The molecule has 3 aliphatic rings. The Morgan fingerprint density at radius 1 is 0.907 bits per heavy atom. The predicted molar refractivity (Wildman–Crippen MR) is 171 cm³/mol. The summed E-state index contributed by atoms with van der Waals surface area (Å²) in [5.41, 5.74) is 5.29. The van der Waals surface area contributed by atoms with Gasteiger partial charge in [0.2, 0.25) is 0 Å². The first-order valence-corrected chi connectivity index (χ1v) is 16.2. The zero-order chi connectivity index (χ0) is 29.3. The number of benzene rings is 3. The van der Waals surface area contributed by atoms with Gasteiger partial charge >= 0.3 is 0 Å². The smallest absolute Gasteiger partial charge is 0.274 e. The lowest BCUT2D eigenvalue weighted by Crippen LogP contribution is -2.39. The number of carbonyl (C=O) groups is 1. The van der Waals surface area contributed by atoms with Crippen LogP contribution in [0.2, 0.25) is 0 Å². The second-order valence-corrected chi connectivity index (χ2v) is 12.2. The first kappa shape index (κ1) is 29.8. The zero-order valence-electron chi connectivity index (χ0n) is 25.1. The molecule has 228 valence electrons. The Morgan fingerprint density at radius 2 is 1.72 bits per heavy atom. The van der Waals surface area contributed by atoms with Gasteiger partial charge in [0.05, 0.1) is 0 Å². The summed E-state index contributed by atoms with van der Waals surface area (Å²) in [5, 5.41) is 6.13. The molecule has 0 aromatic heterocycles. The Labute approximate surface area is 255 Å². The Kier molecular flexibility index (Phi) is 10.4. The van der Waals surface area contributed by atoms with Gasteiger partial charge in [0, 0.05) is 55.7 Å². The quantitative estimate of drug-likeness (QED) is 0.252. The van der Waals surface area contributed by atoms with Crippen LogP contribution in [0.25, 0.3) is 16.8 Å². The maximum absolute atomic E-state index is 12.6. The van der Waals surface area contributed by atoms with Crippen LogP contribution in [0.1, 0.15) is 73.7 Å². The van der Waals surface area contributed by atoms with Crippen LogP contribution in [0.15, 0.2) is 72.3 Å². The van der Waals surface area contributed by atoms with Gasteiger partial charge in [0.25, 0.3) is 5.91 Å². The summed E-state index contributed by atoms with van der Waals surface area (Å²) >= 11 is 0. The van der Waals surface area contributed by atoms with Gasteiger partial charge in [-0.1, -0.05) is 73.9 Å². The van der Waals surface area contributed by atoms with E-state index in [1.165, 1.54) is 56.0 Å². The Morgan fingerprint density at radius 3 is 2.56 bits per heavy atom. The van der Waals surface area contributed by atoms with E-state index in [1.54, 1.807) is 0 Å². The second kappa shape index (κ2) is 15.0. The number of fused-ring (bicyclic) bond motifs is 1. The number of carbonyl (C=O) groups excluding carboxylic acids is 1. The lowest BCUT2D eigenvalue weighted by molar-refractivity contribution is -0.186. The zero-order valence-corrected chi connectivity index (χ0v) is 25.1. The van der Waals surface area contributed by atoms with E-state index in [9.17, 15) is 4.79 Å². The number of amides is 1. The van der Waals surface area contributed by atoms with Crippen molar-refractivity contribution in [2.24, 2.45) is 0 Å². The molecule has 1 saturated carbocycles. The van der Waals surface area contributed by atoms with Crippen molar-refractivity contribution in [2.45, 2.75) is 76.2 Å². The van der Waals surface area contributed by atoms with Crippen molar-refractivity contribution in [3.05, 3.63) is 83.4 Å². The van der Waals surface area contributed by atoms with Crippen molar-refractivity contribution in [2.75, 3.05) is 32.8 Å². The number of ether oxygens (including phenoxy) is 2. The molecule has 2 aliphatic heterocycles. The summed E-state index contributed by atoms with van der Waals surface area (Å²) < 4.78 is 12.0. The Bertz CT molecular complexity index is 1360. The lowest BCUT2D eigenvalue weighted by Gasteiger charge is -2.31. The predicted octanol–water partition coefficient (Wildman–Crippen LogP) is 6.49. The van der Waals surface area contributed by atoms with Gasteiger partial charge < -0.3 is 14.8 Å². The molecule has 3 fully saturated rings. The summed E-state index contributed by atoms with van der Waals surface area (Å²) in [6, 6.07) is 23.4. The monoisotopic (exact) mass is 583 g/mol. The van der Waals surface area contributed by atoms with Crippen LogP contribution in [-0.2, 0) is 9.57 Å². The average Bonchev–Trinajstić information content (AvgIpc) is 3.55. The minimum Gasteiger partial charge on any atom is -0.489 e. The van der Waals surface area contributed by atoms with Gasteiger partial charge in [-0.15, -0.1) is 0 Å². The largest absolute Gasteiger partial charge is 0.489 e. The number of hydrogen-bond donors (Lipinski definition) is 2. The molecule has 0 spiro atoms. The van der Waals surface area contributed by atoms with Crippen molar-refractivity contribution in [3.63, 3.8) is 0 Å². The molecule has 2 saturated heterocycles. The van der Waals surface area contributed by atoms with Crippen LogP contribution in [-0.4, -0.2) is 62.0 Å². The van der Waals surface area contributed by atoms with Crippen molar-refractivity contribution >= 4 is 22.8 Å². The van der Waals surface area contributed by atoms with Gasteiger partial charge in [-0.3, -0.25) is 9.69 Å². The first-order chi connectivity index (χ1) is 21.2. The number of nitrogens with zero attached hydrogens (tertiary/aromatic N) is 1. The van der Waals surface area contributed by atoms with Crippen LogP contribution >= 0.6 is 0 Å². The van der Waals surface area contributed by atoms with E-state index < -0.39 is 0 Å². The fourth-order valence-corrected chi connectivity index (χ4v) is 6.59. The number of hydrogen-bond acceptors (Lipinski definition) is 6. The molecule has 7 heteroatoms. The Balaban J connectivity index is 1.10. The summed E-state index contributed by atoms with van der Waals surface area (Å²) in [6.45, 7) is 4.22. The molecule has 3 aromatic carbocycles. The molecular weight excluding hydrogens is 538 g/mol. The molecule has 2 N–H and O–H groups in total. The standard InChI is InChI=1S/C36H45N3O4/c40-36(38-43-35-15-6-7-22-41-35)30-18-16-27(17-19-30)23-28(26-42-34-14-8-10-29-9-4-5-13-33(29)34)24-37-31-20-21-39(25-31)32-11-2-1-3-12-32/h4-5,8-10,13-14,16-19,23,31-32,35,37H,1-3,6-7,11-12,15,20-22,24-26H2,(H,38,40)/b28-23-. The number of likely N-dealkylation sites (tertiary alicyclic amines) is 1. The van der Waals surface area contributed by atoms with Crippen molar-refractivity contribution in [1.29, 1.82) is 0 Å².